The van der Waals surface area contributed by atoms with Crippen molar-refractivity contribution in [1.82, 2.24) is 15.5 Å². The number of hydrogen-bond acceptors (Lipinski definition) is 4. The minimum atomic E-state index is 0.314. The Morgan fingerprint density at radius 3 is 2.60 bits per heavy atom. The van der Waals surface area contributed by atoms with Gasteiger partial charge < -0.3 is 9.73 Å². The van der Waals surface area contributed by atoms with Crippen LogP contribution in [-0.2, 0) is 6.54 Å². The van der Waals surface area contributed by atoms with Crippen LogP contribution in [0.4, 0.5) is 0 Å². The Bertz CT molecular complexity index is 581. The topological polar surface area (TPSA) is 51.0 Å². The van der Waals surface area contributed by atoms with E-state index in [-0.39, 0.29) is 0 Å². The molecule has 4 nitrogen and oxygen atoms in total. The van der Waals surface area contributed by atoms with Crippen molar-refractivity contribution >= 4 is 11.6 Å². The second-order valence-electron chi connectivity index (χ2n) is 5.50. The van der Waals surface area contributed by atoms with E-state index < -0.39 is 0 Å². The Kier molecular flexibility index (Phi) is 3.76. The molecule has 0 aliphatic heterocycles. The summed E-state index contributed by atoms with van der Waals surface area (Å²) in [7, 11) is 0. The molecule has 1 saturated carbocycles. The maximum Gasteiger partial charge on any atom is 0.230 e. The van der Waals surface area contributed by atoms with E-state index in [2.05, 4.69) is 34.6 Å². The average molecular weight is 292 g/mol. The fourth-order valence-electron chi connectivity index (χ4n) is 2.61. The third-order valence-corrected chi connectivity index (χ3v) is 4.12. The molecule has 106 valence electrons. The lowest BCUT2D eigenvalue weighted by molar-refractivity contribution is 0.399. The fraction of sp³-hybridized carbons (Fsp3) is 0.467. The Morgan fingerprint density at radius 2 is 2.05 bits per heavy atom. The van der Waals surface area contributed by atoms with Gasteiger partial charge >= 0.3 is 0 Å². The monoisotopic (exact) mass is 291 g/mol. The molecule has 1 fully saturated rings. The van der Waals surface area contributed by atoms with Crippen LogP contribution in [0.15, 0.2) is 28.7 Å². The van der Waals surface area contributed by atoms with Gasteiger partial charge in [-0.3, -0.25) is 0 Å². The number of nitrogens with zero attached hydrogens (tertiary/aromatic N) is 2. The smallest absolute Gasteiger partial charge is 0.230 e. The lowest BCUT2D eigenvalue weighted by Gasteiger charge is -2.18. The highest BCUT2D eigenvalue weighted by Crippen LogP contribution is 2.47. The summed E-state index contributed by atoms with van der Waals surface area (Å²) in [6.07, 6.45) is 1.25. The predicted molar refractivity (Wildman–Crippen MR) is 77.3 cm³/mol. The van der Waals surface area contributed by atoms with Crippen LogP contribution in [0.2, 0.25) is 5.02 Å². The van der Waals surface area contributed by atoms with Crippen molar-refractivity contribution in [3.63, 3.8) is 0 Å². The van der Waals surface area contributed by atoms with Gasteiger partial charge in [-0.1, -0.05) is 30.7 Å². The largest absolute Gasteiger partial charge is 0.424 e. The number of benzene rings is 1. The van der Waals surface area contributed by atoms with Gasteiger partial charge in [-0.15, -0.1) is 10.2 Å². The van der Waals surface area contributed by atoms with Crippen LogP contribution in [0.25, 0.3) is 0 Å². The molecular formula is C15H18ClN3O. The second kappa shape index (κ2) is 5.54. The van der Waals surface area contributed by atoms with Crippen molar-refractivity contribution in [1.29, 1.82) is 0 Å². The average Bonchev–Trinajstić information content (AvgIpc) is 2.99. The number of rotatable bonds is 5. The molecule has 5 heteroatoms. The highest BCUT2D eigenvalue weighted by Gasteiger charge is 2.40. The molecule has 1 N–H and O–H groups in total. The van der Waals surface area contributed by atoms with Gasteiger partial charge in [0.05, 0.1) is 6.54 Å². The van der Waals surface area contributed by atoms with Gasteiger partial charge in [-0.2, -0.15) is 0 Å². The third kappa shape index (κ3) is 3.02. The van der Waals surface area contributed by atoms with E-state index in [0.717, 1.165) is 10.9 Å². The zero-order valence-corrected chi connectivity index (χ0v) is 12.4. The van der Waals surface area contributed by atoms with Crippen LogP contribution >= 0.6 is 11.6 Å². The van der Waals surface area contributed by atoms with Crippen LogP contribution < -0.4 is 5.32 Å². The molecule has 20 heavy (non-hydrogen) atoms. The molecule has 1 aliphatic carbocycles. The Balaban J connectivity index is 1.71. The van der Waals surface area contributed by atoms with Crippen molar-refractivity contribution in [2.45, 2.75) is 32.9 Å². The number of aryl methyl sites for hydroxylation is 1. The first kappa shape index (κ1) is 13.6. The lowest BCUT2D eigenvalue weighted by atomic mass is 10.0. The normalized spacial score (nSPS) is 22.8. The molecular weight excluding hydrogens is 274 g/mol. The number of halogens is 1. The van der Waals surface area contributed by atoms with E-state index in [4.69, 9.17) is 16.0 Å². The van der Waals surface area contributed by atoms with Crippen LogP contribution in [0.5, 0.6) is 0 Å². The Morgan fingerprint density at radius 1 is 1.35 bits per heavy atom. The van der Waals surface area contributed by atoms with Crippen molar-refractivity contribution in [2.75, 3.05) is 0 Å². The summed E-state index contributed by atoms with van der Waals surface area (Å²) >= 11 is 5.96. The number of hydrogen-bond donors (Lipinski definition) is 1. The third-order valence-electron chi connectivity index (χ3n) is 3.87. The molecule has 0 saturated heterocycles. The van der Waals surface area contributed by atoms with Crippen molar-refractivity contribution in [3.05, 3.63) is 46.6 Å². The zero-order chi connectivity index (χ0) is 14.1. The maximum atomic E-state index is 5.96. The molecule has 2 aromatic rings. The van der Waals surface area contributed by atoms with Crippen LogP contribution in [0.3, 0.4) is 0 Å². The van der Waals surface area contributed by atoms with Gasteiger partial charge in [0.2, 0.25) is 11.8 Å². The summed E-state index contributed by atoms with van der Waals surface area (Å²) in [5.41, 5.74) is 1.26. The molecule has 1 heterocycles. The molecule has 0 radical (unpaired) electrons. The molecule has 3 atom stereocenters. The second-order valence-corrected chi connectivity index (χ2v) is 5.94. The molecule has 0 amide bonds. The zero-order valence-electron chi connectivity index (χ0n) is 11.6. The van der Waals surface area contributed by atoms with Crippen LogP contribution in [0, 0.1) is 18.8 Å². The van der Waals surface area contributed by atoms with E-state index in [1.807, 2.05) is 12.1 Å². The van der Waals surface area contributed by atoms with Crippen LogP contribution in [0.1, 0.15) is 36.7 Å². The molecule has 3 rings (SSSR count). The summed E-state index contributed by atoms with van der Waals surface area (Å²) in [5, 5.41) is 12.2. The fourth-order valence-corrected chi connectivity index (χ4v) is 2.73. The minimum absolute atomic E-state index is 0.314. The van der Waals surface area contributed by atoms with Crippen molar-refractivity contribution in [2.24, 2.45) is 11.8 Å². The summed E-state index contributed by atoms with van der Waals surface area (Å²) in [4.78, 5) is 0. The van der Waals surface area contributed by atoms with E-state index in [9.17, 15) is 0 Å². The highest BCUT2D eigenvalue weighted by atomic mass is 35.5. The van der Waals surface area contributed by atoms with Gasteiger partial charge in [0.15, 0.2) is 0 Å². The molecule has 0 spiro atoms. The predicted octanol–water partition coefficient (Wildman–Crippen LogP) is 3.52. The summed E-state index contributed by atoms with van der Waals surface area (Å²) in [6.45, 7) is 4.68. The molecule has 1 aromatic heterocycles. The highest BCUT2D eigenvalue weighted by molar-refractivity contribution is 6.30. The summed E-state index contributed by atoms with van der Waals surface area (Å²) in [5.74, 6) is 2.66. The molecule has 1 aromatic carbocycles. The van der Waals surface area contributed by atoms with E-state index in [1.54, 1.807) is 6.92 Å². The first-order valence-corrected chi connectivity index (χ1v) is 7.29. The Labute approximate surface area is 123 Å². The van der Waals surface area contributed by atoms with Crippen LogP contribution in [-0.4, -0.2) is 10.2 Å². The first-order chi connectivity index (χ1) is 9.63. The summed E-state index contributed by atoms with van der Waals surface area (Å²) in [6, 6.07) is 8.37. The SMILES string of the molecule is Cc1nnc(CN[C@H](c2ccc(Cl)cc2)[C@H]2C[C@H]2C)o1. The quantitative estimate of drug-likeness (QED) is 0.916. The lowest BCUT2D eigenvalue weighted by Crippen LogP contribution is -2.23. The molecule has 0 unspecified atom stereocenters. The Hall–Kier alpha value is -1.39. The van der Waals surface area contributed by atoms with Gasteiger partial charge in [0.1, 0.15) is 0 Å². The van der Waals surface area contributed by atoms with Gasteiger partial charge in [-0.05, 0) is 36.0 Å². The van der Waals surface area contributed by atoms with Gasteiger partial charge in [-0.25, -0.2) is 0 Å². The van der Waals surface area contributed by atoms with E-state index in [0.29, 0.717) is 30.3 Å². The number of nitrogens with one attached hydrogen (secondary N) is 1. The maximum absolute atomic E-state index is 5.96. The number of aromatic nitrogens is 2. The van der Waals surface area contributed by atoms with E-state index >= 15 is 0 Å². The van der Waals surface area contributed by atoms with Crippen molar-refractivity contribution in [3.8, 4) is 0 Å². The minimum Gasteiger partial charge on any atom is -0.424 e. The molecule has 1 aliphatic rings. The van der Waals surface area contributed by atoms with E-state index in [1.165, 1.54) is 12.0 Å². The van der Waals surface area contributed by atoms with Gasteiger partial charge in [0, 0.05) is 18.0 Å². The standard InChI is InChI=1S/C15H18ClN3O/c1-9-7-13(9)15(11-3-5-12(16)6-4-11)17-8-14-19-18-10(2)20-14/h3-6,9,13,15,17H,7-8H2,1-2H3/t9-,13+,15-/m1/s1. The molecule has 0 bridgehead atoms. The summed E-state index contributed by atoms with van der Waals surface area (Å²) < 4.78 is 5.41. The van der Waals surface area contributed by atoms with Gasteiger partial charge in [0.25, 0.3) is 0 Å². The van der Waals surface area contributed by atoms with Crippen molar-refractivity contribution < 1.29 is 4.42 Å². The first-order valence-electron chi connectivity index (χ1n) is 6.91.